The predicted molar refractivity (Wildman–Crippen MR) is 73.0 cm³/mol. The average molecular weight is 272 g/mol. The molecule has 1 aliphatic rings. The molecule has 0 saturated heterocycles. The number of nitrogens with one attached hydrogen (secondary N) is 1. The lowest BCUT2D eigenvalue weighted by molar-refractivity contribution is 0.0534. The van der Waals surface area contributed by atoms with Crippen molar-refractivity contribution in [3.05, 3.63) is 16.4 Å². The highest BCUT2D eigenvalue weighted by molar-refractivity contribution is 6.30. The molecule has 2 atom stereocenters. The number of aromatic nitrogens is 2. The Morgan fingerprint density at radius 3 is 2.61 bits per heavy atom. The number of nitrogens with zero attached hydrogens (tertiary/aromatic N) is 2. The van der Waals surface area contributed by atoms with Crippen molar-refractivity contribution >= 4 is 11.6 Å². The van der Waals surface area contributed by atoms with Crippen LogP contribution in [0.25, 0.3) is 0 Å². The molecule has 0 aromatic carbocycles. The van der Waals surface area contributed by atoms with Crippen LogP contribution in [0.2, 0.25) is 5.15 Å². The molecule has 1 N–H and O–H groups in total. The molecule has 1 heterocycles. The van der Waals surface area contributed by atoms with Crippen LogP contribution in [0.4, 0.5) is 0 Å². The van der Waals surface area contributed by atoms with Gasteiger partial charge in [-0.1, -0.05) is 11.6 Å². The second kappa shape index (κ2) is 5.59. The molecule has 1 saturated carbocycles. The van der Waals surface area contributed by atoms with E-state index in [9.17, 15) is 0 Å². The summed E-state index contributed by atoms with van der Waals surface area (Å²) in [7, 11) is 5.66. The molecular formula is C13H22ClN3O. The molecular weight excluding hydrogens is 250 g/mol. The van der Waals surface area contributed by atoms with E-state index in [-0.39, 0.29) is 6.10 Å². The summed E-state index contributed by atoms with van der Waals surface area (Å²) in [6.45, 7) is 2.01. The highest BCUT2D eigenvalue weighted by Gasteiger charge is 2.36. The van der Waals surface area contributed by atoms with Crippen LogP contribution in [0.5, 0.6) is 0 Å². The van der Waals surface area contributed by atoms with Crippen LogP contribution in [-0.4, -0.2) is 36.1 Å². The van der Waals surface area contributed by atoms with Crippen LogP contribution in [0.3, 0.4) is 0 Å². The maximum atomic E-state index is 6.29. The molecule has 0 amide bonds. The third kappa shape index (κ3) is 2.71. The molecule has 2 unspecified atom stereocenters. The van der Waals surface area contributed by atoms with Crippen LogP contribution in [-0.2, 0) is 18.2 Å². The van der Waals surface area contributed by atoms with Crippen molar-refractivity contribution in [3.63, 3.8) is 0 Å². The number of ether oxygens (including phenoxy) is 1. The van der Waals surface area contributed by atoms with Gasteiger partial charge >= 0.3 is 0 Å². The predicted octanol–water partition coefficient (Wildman–Crippen LogP) is 1.94. The molecule has 0 bridgehead atoms. The van der Waals surface area contributed by atoms with E-state index in [1.807, 2.05) is 21.0 Å². The van der Waals surface area contributed by atoms with Gasteiger partial charge in [0, 0.05) is 25.8 Å². The zero-order valence-electron chi connectivity index (χ0n) is 11.5. The molecule has 18 heavy (non-hydrogen) atoms. The van der Waals surface area contributed by atoms with Crippen LogP contribution in [0, 0.1) is 12.8 Å². The summed E-state index contributed by atoms with van der Waals surface area (Å²) < 4.78 is 7.39. The Kier molecular flexibility index (Phi) is 4.30. The van der Waals surface area contributed by atoms with Crippen LogP contribution >= 0.6 is 11.6 Å². The number of rotatable bonds is 6. The Hall–Kier alpha value is -0.580. The van der Waals surface area contributed by atoms with Crippen molar-refractivity contribution in [2.75, 3.05) is 14.2 Å². The van der Waals surface area contributed by atoms with E-state index in [0.29, 0.717) is 12.0 Å². The first-order chi connectivity index (χ1) is 8.58. The second-order valence-electron chi connectivity index (χ2n) is 5.12. The second-order valence-corrected chi connectivity index (χ2v) is 5.47. The zero-order valence-corrected chi connectivity index (χ0v) is 12.3. The maximum absolute atomic E-state index is 6.29. The number of hydrogen-bond acceptors (Lipinski definition) is 3. The highest BCUT2D eigenvalue weighted by atomic mass is 35.5. The third-order valence-corrected chi connectivity index (χ3v) is 4.29. The van der Waals surface area contributed by atoms with Gasteiger partial charge in [0.25, 0.3) is 0 Å². The average Bonchev–Trinajstić information content (AvgIpc) is 3.13. The third-order valence-electron chi connectivity index (χ3n) is 3.82. The monoisotopic (exact) mass is 271 g/mol. The number of halogens is 1. The Bertz CT molecular complexity index is 415. The molecule has 0 spiro atoms. The Labute approximate surface area is 114 Å². The Morgan fingerprint density at radius 1 is 1.56 bits per heavy atom. The normalized spacial score (nSPS) is 18.9. The summed E-state index contributed by atoms with van der Waals surface area (Å²) >= 11 is 6.29. The lowest BCUT2D eigenvalue weighted by Gasteiger charge is -2.25. The van der Waals surface area contributed by atoms with Gasteiger partial charge < -0.3 is 10.1 Å². The first-order valence-electron chi connectivity index (χ1n) is 6.46. The standard InChI is InChI=1S/C13H22ClN3O/c1-8-10(13(14)17(3)16-8)7-11(15-2)12(18-4)9-5-6-9/h9,11-12,15H,5-7H2,1-4H3. The minimum atomic E-state index is 0.269. The molecule has 1 fully saturated rings. The van der Waals surface area contributed by atoms with Gasteiger partial charge in [-0.3, -0.25) is 4.68 Å². The summed E-state index contributed by atoms with van der Waals surface area (Å²) in [6.07, 6.45) is 3.68. The fourth-order valence-electron chi connectivity index (χ4n) is 2.62. The van der Waals surface area contributed by atoms with Gasteiger partial charge in [-0.2, -0.15) is 5.10 Å². The molecule has 102 valence electrons. The number of methoxy groups -OCH3 is 1. The number of likely N-dealkylation sites (N-methyl/N-ethyl adjacent to an activating group) is 1. The molecule has 0 radical (unpaired) electrons. The Morgan fingerprint density at radius 2 is 2.22 bits per heavy atom. The van der Waals surface area contributed by atoms with Gasteiger partial charge in [0.2, 0.25) is 0 Å². The van der Waals surface area contributed by atoms with E-state index < -0.39 is 0 Å². The fourth-order valence-corrected chi connectivity index (χ4v) is 2.87. The number of aryl methyl sites for hydroxylation is 2. The summed E-state index contributed by atoms with van der Waals surface area (Å²) in [6, 6.07) is 0.294. The van der Waals surface area contributed by atoms with E-state index in [2.05, 4.69) is 10.4 Å². The van der Waals surface area contributed by atoms with Crippen LogP contribution in [0.1, 0.15) is 24.1 Å². The summed E-state index contributed by atoms with van der Waals surface area (Å²) in [5.41, 5.74) is 2.13. The van der Waals surface area contributed by atoms with Gasteiger partial charge in [-0.25, -0.2) is 0 Å². The van der Waals surface area contributed by atoms with Gasteiger partial charge in [-0.15, -0.1) is 0 Å². The topological polar surface area (TPSA) is 39.1 Å². The van der Waals surface area contributed by atoms with Crippen LogP contribution < -0.4 is 5.32 Å². The first kappa shape index (κ1) is 13.8. The zero-order chi connectivity index (χ0) is 13.3. The van der Waals surface area contributed by atoms with Gasteiger partial charge in [0.15, 0.2) is 0 Å². The minimum absolute atomic E-state index is 0.269. The van der Waals surface area contributed by atoms with Crippen LogP contribution in [0.15, 0.2) is 0 Å². The van der Waals surface area contributed by atoms with Crippen molar-refractivity contribution in [3.8, 4) is 0 Å². The summed E-state index contributed by atoms with van der Waals surface area (Å²) in [5.74, 6) is 0.697. The molecule has 1 aliphatic carbocycles. The molecule has 1 aromatic rings. The summed E-state index contributed by atoms with van der Waals surface area (Å²) in [5, 5.41) is 8.46. The van der Waals surface area contributed by atoms with Crippen molar-refractivity contribution in [1.29, 1.82) is 0 Å². The van der Waals surface area contributed by atoms with Gasteiger partial charge in [0.05, 0.1) is 11.8 Å². The van der Waals surface area contributed by atoms with Crippen molar-refractivity contribution in [2.45, 2.75) is 38.3 Å². The van der Waals surface area contributed by atoms with Gasteiger partial charge in [0.1, 0.15) is 5.15 Å². The van der Waals surface area contributed by atoms with E-state index in [1.165, 1.54) is 12.8 Å². The van der Waals surface area contributed by atoms with Crippen molar-refractivity contribution in [1.82, 2.24) is 15.1 Å². The highest BCUT2D eigenvalue weighted by Crippen LogP contribution is 2.36. The quantitative estimate of drug-likeness (QED) is 0.859. The SMILES string of the molecule is CNC(Cc1c(C)nn(C)c1Cl)C(OC)C1CC1. The lowest BCUT2D eigenvalue weighted by atomic mass is 9.99. The van der Waals surface area contributed by atoms with E-state index >= 15 is 0 Å². The molecule has 5 heteroatoms. The molecule has 4 nitrogen and oxygen atoms in total. The van der Waals surface area contributed by atoms with Gasteiger partial charge in [-0.05, 0) is 39.2 Å². The minimum Gasteiger partial charge on any atom is -0.380 e. The van der Waals surface area contributed by atoms with E-state index in [4.69, 9.17) is 16.3 Å². The molecule has 1 aromatic heterocycles. The molecule has 0 aliphatic heterocycles. The number of hydrogen-bond donors (Lipinski definition) is 1. The van der Waals surface area contributed by atoms with E-state index in [1.54, 1.807) is 11.8 Å². The van der Waals surface area contributed by atoms with E-state index in [0.717, 1.165) is 22.8 Å². The molecule has 2 rings (SSSR count). The fraction of sp³-hybridized carbons (Fsp3) is 0.769. The largest absolute Gasteiger partial charge is 0.380 e. The van der Waals surface area contributed by atoms with Crippen molar-refractivity contribution in [2.24, 2.45) is 13.0 Å². The smallest absolute Gasteiger partial charge is 0.130 e. The maximum Gasteiger partial charge on any atom is 0.130 e. The lowest BCUT2D eigenvalue weighted by Crippen LogP contribution is -2.42. The Balaban J connectivity index is 2.14. The first-order valence-corrected chi connectivity index (χ1v) is 6.84. The van der Waals surface area contributed by atoms with Crippen molar-refractivity contribution < 1.29 is 4.74 Å². The summed E-state index contributed by atoms with van der Waals surface area (Å²) in [4.78, 5) is 0.